The fourth-order valence-corrected chi connectivity index (χ4v) is 2.39. The largest absolute Gasteiger partial charge is 0.445 e. The SMILES string of the molecule is O=C(NCCC#Cc1cc(Cl)c(Cl)c(Cl)c1)OCc1ccccc1. The molecule has 0 heterocycles. The van der Waals surface area contributed by atoms with E-state index in [1.54, 1.807) is 12.1 Å². The van der Waals surface area contributed by atoms with Gasteiger partial charge in [0.15, 0.2) is 0 Å². The van der Waals surface area contributed by atoms with Gasteiger partial charge in [-0.15, -0.1) is 0 Å². The van der Waals surface area contributed by atoms with E-state index >= 15 is 0 Å². The van der Waals surface area contributed by atoms with E-state index in [9.17, 15) is 4.79 Å². The molecule has 0 aliphatic rings. The highest BCUT2D eigenvalue weighted by molar-refractivity contribution is 6.48. The highest BCUT2D eigenvalue weighted by Gasteiger charge is 2.04. The number of carbonyl (C=O) groups excluding carboxylic acids is 1. The van der Waals surface area contributed by atoms with Gasteiger partial charge in [-0.1, -0.05) is 77.0 Å². The van der Waals surface area contributed by atoms with Crippen molar-refractivity contribution in [3.05, 3.63) is 68.7 Å². The van der Waals surface area contributed by atoms with Gasteiger partial charge in [0.25, 0.3) is 0 Å². The molecule has 0 unspecified atom stereocenters. The van der Waals surface area contributed by atoms with Crippen LogP contribution in [0.15, 0.2) is 42.5 Å². The first-order valence-corrected chi connectivity index (χ1v) is 8.27. The molecule has 0 atom stereocenters. The van der Waals surface area contributed by atoms with Crippen molar-refractivity contribution < 1.29 is 9.53 Å². The zero-order valence-corrected chi connectivity index (χ0v) is 14.9. The van der Waals surface area contributed by atoms with Gasteiger partial charge in [-0.2, -0.15) is 0 Å². The molecule has 0 aliphatic carbocycles. The van der Waals surface area contributed by atoms with E-state index < -0.39 is 6.09 Å². The van der Waals surface area contributed by atoms with Crippen LogP contribution in [0.5, 0.6) is 0 Å². The Balaban J connectivity index is 1.72. The van der Waals surface area contributed by atoms with E-state index in [1.165, 1.54) is 0 Å². The average Bonchev–Trinajstić information content (AvgIpc) is 2.58. The van der Waals surface area contributed by atoms with Crippen LogP contribution in [0.25, 0.3) is 0 Å². The molecule has 2 aromatic rings. The van der Waals surface area contributed by atoms with E-state index in [-0.39, 0.29) is 6.61 Å². The second-order valence-corrected chi connectivity index (χ2v) is 5.99. The molecule has 0 aromatic heterocycles. The molecule has 2 aromatic carbocycles. The van der Waals surface area contributed by atoms with Crippen LogP contribution in [-0.4, -0.2) is 12.6 Å². The predicted molar refractivity (Wildman–Crippen MR) is 97.6 cm³/mol. The summed E-state index contributed by atoms with van der Waals surface area (Å²) >= 11 is 17.7. The Hall–Kier alpha value is -1.86. The lowest BCUT2D eigenvalue weighted by Gasteiger charge is -2.05. The predicted octanol–water partition coefficient (Wildman–Crippen LogP) is 5.31. The van der Waals surface area contributed by atoms with Crippen LogP contribution in [0.2, 0.25) is 15.1 Å². The summed E-state index contributed by atoms with van der Waals surface area (Å²) in [5.74, 6) is 5.84. The van der Waals surface area contributed by atoms with Gasteiger partial charge in [-0.25, -0.2) is 4.79 Å². The van der Waals surface area contributed by atoms with E-state index in [4.69, 9.17) is 39.5 Å². The number of hydrogen-bond acceptors (Lipinski definition) is 2. The first-order chi connectivity index (χ1) is 11.6. The summed E-state index contributed by atoms with van der Waals surface area (Å²) in [5, 5.41) is 3.66. The number of rotatable bonds is 4. The minimum Gasteiger partial charge on any atom is -0.445 e. The van der Waals surface area contributed by atoms with Gasteiger partial charge in [0.1, 0.15) is 6.61 Å². The quantitative estimate of drug-likeness (QED) is 0.442. The van der Waals surface area contributed by atoms with Crippen LogP contribution in [0.1, 0.15) is 17.5 Å². The molecule has 3 nitrogen and oxygen atoms in total. The number of hydrogen-bond donors (Lipinski definition) is 1. The van der Waals surface area contributed by atoms with Crippen LogP contribution in [0.4, 0.5) is 4.79 Å². The molecule has 0 bridgehead atoms. The minimum atomic E-state index is -0.474. The standard InChI is InChI=1S/C18H14Cl3NO2/c19-15-10-14(11-16(20)17(15)21)8-4-5-9-22-18(23)24-12-13-6-2-1-3-7-13/h1-3,6-7,10-11H,5,9,12H2,(H,22,23). The van der Waals surface area contributed by atoms with Crippen molar-refractivity contribution in [1.82, 2.24) is 5.32 Å². The number of nitrogens with one attached hydrogen (secondary N) is 1. The van der Waals surface area contributed by atoms with Gasteiger partial charge in [-0.3, -0.25) is 0 Å². The van der Waals surface area contributed by atoms with Gasteiger partial charge in [-0.05, 0) is 17.7 Å². The number of benzene rings is 2. The van der Waals surface area contributed by atoms with Crippen molar-refractivity contribution in [2.24, 2.45) is 0 Å². The van der Waals surface area contributed by atoms with Crippen molar-refractivity contribution in [3.8, 4) is 11.8 Å². The Morgan fingerprint density at radius 2 is 1.75 bits per heavy atom. The summed E-state index contributed by atoms with van der Waals surface area (Å²) in [6, 6.07) is 12.8. The molecule has 0 spiro atoms. The fraction of sp³-hybridized carbons (Fsp3) is 0.167. The first kappa shape index (κ1) is 18.5. The van der Waals surface area contributed by atoms with Crippen LogP contribution >= 0.6 is 34.8 Å². The third-order valence-corrected chi connectivity index (χ3v) is 4.15. The molecule has 0 aliphatic heterocycles. The van der Waals surface area contributed by atoms with Gasteiger partial charge in [0.2, 0.25) is 0 Å². The lowest BCUT2D eigenvalue weighted by Crippen LogP contribution is -2.24. The molecule has 6 heteroatoms. The third kappa shape index (κ3) is 5.98. The summed E-state index contributed by atoms with van der Waals surface area (Å²) in [7, 11) is 0. The van der Waals surface area contributed by atoms with Gasteiger partial charge in [0, 0.05) is 18.5 Å². The van der Waals surface area contributed by atoms with Gasteiger partial charge in [0.05, 0.1) is 15.1 Å². The van der Waals surface area contributed by atoms with E-state index in [1.807, 2.05) is 30.3 Å². The summed E-state index contributed by atoms with van der Waals surface area (Å²) in [4.78, 5) is 11.5. The molecule has 0 radical (unpaired) electrons. The molecule has 2 rings (SSSR count). The molecular weight excluding hydrogens is 369 g/mol. The Labute approximate surface area is 155 Å². The van der Waals surface area contributed by atoms with Crippen LogP contribution in [0.3, 0.4) is 0 Å². The summed E-state index contributed by atoms with van der Waals surface area (Å²) in [6.07, 6.45) is -0.00332. The monoisotopic (exact) mass is 381 g/mol. The maximum Gasteiger partial charge on any atom is 0.407 e. The molecule has 0 fully saturated rings. The van der Waals surface area contributed by atoms with Crippen LogP contribution in [0, 0.1) is 11.8 Å². The van der Waals surface area contributed by atoms with Crippen molar-refractivity contribution in [2.45, 2.75) is 13.0 Å². The van der Waals surface area contributed by atoms with Crippen LogP contribution in [-0.2, 0) is 11.3 Å². The zero-order valence-electron chi connectivity index (χ0n) is 12.6. The van der Waals surface area contributed by atoms with Gasteiger partial charge < -0.3 is 10.1 Å². The lowest BCUT2D eigenvalue weighted by atomic mass is 10.2. The van der Waals surface area contributed by atoms with E-state index in [2.05, 4.69) is 17.2 Å². The molecule has 24 heavy (non-hydrogen) atoms. The van der Waals surface area contributed by atoms with Crippen molar-refractivity contribution in [3.63, 3.8) is 0 Å². The smallest absolute Gasteiger partial charge is 0.407 e. The second-order valence-electron chi connectivity index (χ2n) is 4.79. The zero-order chi connectivity index (χ0) is 17.4. The minimum absolute atomic E-state index is 0.236. The lowest BCUT2D eigenvalue weighted by molar-refractivity contribution is 0.140. The summed E-state index contributed by atoms with van der Waals surface area (Å²) in [5.41, 5.74) is 1.60. The van der Waals surface area contributed by atoms with E-state index in [0.29, 0.717) is 33.6 Å². The normalized spacial score (nSPS) is 9.79. The topological polar surface area (TPSA) is 38.3 Å². The van der Waals surface area contributed by atoms with Crippen LogP contribution < -0.4 is 5.32 Å². The van der Waals surface area contributed by atoms with E-state index in [0.717, 1.165) is 5.56 Å². The van der Waals surface area contributed by atoms with Gasteiger partial charge >= 0.3 is 6.09 Å². The Kier molecular flexibility index (Phi) is 7.27. The molecule has 1 amide bonds. The first-order valence-electron chi connectivity index (χ1n) is 7.14. The maximum absolute atomic E-state index is 11.5. The Bertz CT molecular complexity index is 744. The highest BCUT2D eigenvalue weighted by atomic mass is 35.5. The third-order valence-electron chi connectivity index (χ3n) is 2.95. The number of alkyl carbamates (subject to hydrolysis) is 1. The Morgan fingerprint density at radius 1 is 1.08 bits per heavy atom. The van der Waals surface area contributed by atoms with Crippen molar-refractivity contribution in [2.75, 3.05) is 6.54 Å². The highest BCUT2D eigenvalue weighted by Crippen LogP contribution is 2.30. The molecule has 0 saturated carbocycles. The molecule has 0 saturated heterocycles. The second kappa shape index (κ2) is 9.44. The summed E-state index contributed by atoms with van der Waals surface area (Å²) in [6.45, 7) is 0.621. The Morgan fingerprint density at radius 3 is 2.42 bits per heavy atom. The molecule has 124 valence electrons. The average molecular weight is 383 g/mol. The van der Waals surface area contributed by atoms with Crippen molar-refractivity contribution >= 4 is 40.9 Å². The maximum atomic E-state index is 11.5. The number of halogens is 3. The molecular formula is C18H14Cl3NO2. The summed E-state index contributed by atoms with van der Waals surface area (Å²) < 4.78 is 5.09. The number of ether oxygens (including phenoxy) is 1. The molecule has 1 N–H and O–H groups in total. The fourth-order valence-electron chi connectivity index (χ4n) is 1.79. The number of amides is 1. The van der Waals surface area contributed by atoms with Crippen molar-refractivity contribution in [1.29, 1.82) is 0 Å². The number of carbonyl (C=O) groups is 1.